The van der Waals surface area contributed by atoms with Crippen molar-refractivity contribution in [3.8, 4) is 0 Å². The maximum atomic E-state index is 13.6. The second-order valence-corrected chi connectivity index (χ2v) is 11.8. The Hall–Kier alpha value is -2.33. The molecule has 1 N–H and O–H groups in total. The Morgan fingerprint density at radius 2 is 1.73 bits per heavy atom. The average Bonchev–Trinajstić information content (AvgIpc) is 3.12. The summed E-state index contributed by atoms with van der Waals surface area (Å²) in [5, 5.41) is 5.08. The van der Waals surface area contributed by atoms with E-state index in [9.17, 15) is 18.0 Å². The first kappa shape index (κ1) is 25.3. The van der Waals surface area contributed by atoms with Crippen molar-refractivity contribution in [2.75, 3.05) is 17.9 Å². The standard InChI is InChI=1S/C22H22Cl2N2O5S2/c1-22(2,3)31-20(27)11-26(33(29,30)16-8-13(23)7-14(24)9-16)15-5-6-19-17(10-15)18(12-32-19)21(28)25-4/h5-10,12H,11H2,1-4H3,(H,25,28). The second-order valence-electron chi connectivity index (χ2n) is 8.11. The lowest BCUT2D eigenvalue weighted by atomic mass is 10.1. The molecule has 0 radical (unpaired) electrons. The highest BCUT2D eigenvalue weighted by atomic mass is 35.5. The first-order chi connectivity index (χ1) is 15.3. The third kappa shape index (κ3) is 5.78. The number of rotatable bonds is 6. The van der Waals surface area contributed by atoms with Crippen LogP contribution in [-0.2, 0) is 19.6 Å². The van der Waals surface area contributed by atoms with Gasteiger partial charge in [-0.15, -0.1) is 11.3 Å². The molecule has 0 aliphatic heterocycles. The Kier molecular flexibility index (Phi) is 7.28. The van der Waals surface area contributed by atoms with Crippen LogP contribution in [-0.4, -0.2) is 39.5 Å². The van der Waals surface area contributed by atoms with Gasteiger partial charge in [0, 0.05) is 32.6 Å². The maximum Gasteiger partial charge on any atom is 0.327 e. The molecule has 0 saturated heterocycles. The summed E-state index contributed by atoms with van der Waals surface area (Å²) in [4.78, 5) is 24.7. The molecule has 11 heteroatoms. The Bertz CT molecular complexity index is 1310. The number of amides is 1. The SMILES string of the molecule is CNC(=O)c1csc2ccc(N(CC(=O)OC(C)(C)C)S(=O)(=O)c3cc(Cl)cc(Cl)c3)cc12. The van der Waals surface area contributed by atoms with Gasteiger partial charge in [-0.1, -0.05) is 23.2 Å². The smallest absolute Gasteiger partial charge is 0.327 e. The number of anilines is 1. The minimum Gasteiger partial charge on any atom is -0.459 e. The van der Waals surface area contributed by atoms with Crippen molar-refractivity contribution in [2.45, 2.75) is 31.3 Å². The largest absolute Gasteiger partial charge is 0.459 e. The van der Waals surface area contributed by atoms with Gasteiger partial charge in [-0.2, -0.15) is 0 Å². The Balaban J connectivity index is 2.16. The third-order valence-electron chi connectivity index (χ3n) is 4.43. The van der Waals surface area contributed by atoms with Crippen LogP contribution in [0.5, 0.6) is 0 Å². The zero-order chi connectivity index (χ0) is 24.6. The number of benzene rings is 2. The van der Waals surface area contributed by atoms with Crippen molar-refractivity contribution in [2.24, 2.45) is 0 Å². The summed E-state index contributed by atoms with van der Waals surface area (Å²) in [6.07, 6.45) is 0. The highest BCUT2D eigenvalue weighted by molar-refractivity contribution is 7.92. The van der Waals surface area contributed by atoms with Gasteiger partial charge in [0.25, 0.3) is 15.9 Å². The zero-order valence-electron chi connectivity index (χ0n) is 18.3. The number of esters is 1. The lowest BCUT2D eigenvalue weighted by Crippen LogP contribution is -2.39. The monoisotopic (exact) mass is 528 g/mol. The van der Waals surface area contributed by atoms with Crippen molar-refractivity contribution in [1.82, 2.24) is 5.32 Å². The van der Waals surface area contributed by atoms with E-state index in [1.54, 1.807) is 44.4 Å². The van der Waals surface area contributed by atoms with Gasteiger partial charge in [-0.3, -0.25) is 13.9 Å². The molecule has 0 aliphatic rings. The van der Waals surface area contributed by atoms with Gasteiger partial charge in [-0.05, 0) is 57.2 Å². The number of halogens is 2. The molecule has 2 aromatic carbocycles. The van der Waals surface area contributed by atoms with Crippen LogP contribution in [0, 0.1) is 0 Å². The second kappa shape index (κ2) is 9.50. The summed E-state index contributed by atoms with van der Waals surface area (Å²) in [6, 6.07) is 8.75. The Labute approximate surface area is 206 Å². The molecule has 33 heavy (non-hydrogen) atoms. The number of nitrogens with one attached hydrogen (secondary N) is 1. The molecule has 1 amide bonds. The average molecular weight is 529 g/mol. The number of hydrogen-bond acceptors (Lipinski definition) is 6. The van der Waals surface area contributed by atoms with E-state index >= 15 is 0 Å². The number of thiophene rings is 1. The molecule has 1 aromatic heterocycles. The number of hydrogen-bond donors (Lipinski definition) is 1. The summed E-state index contributed by atoms with van der Waals surface area (Å²) < 4.78 is 34.3. The van der Waals surface area contributed by atoms with E-state index in [-0.39, 0.29) is 26.5 Å². The molecular formula is C22H22Cl2N2O5S2. The fourth-order valence-electron chi connectivity index (χ4n) is 3.09. The molecule has 0 atom stereocenters. The topological polar surface area (TPSA) is 92.8 Å². The van der Waals surface area contributed by atoms with Crippen molar-refractivity contribution in [1.29, 1.82) is 0 Å². The molecule has 0 unspecified atom stereocenters. The minimum atomic E-state index is -4.27. The van der Waals surface area contributed by atoms with Crippen LogP contribution in [0.2, 0.25) is 10.0 Å². The fraction of sp³-hybridized carbons (Fsp3) is 0.273. The van der Waals surface area contributed by atoms with Crippen LogP contribution in [0.3, 0.4) is 0 Å². The van der Waals surface area contributed by atoms with Gasteiger partial charge < -0.3 is 10.1 Å². The van der Waals surface area contributed by atoms with Crippen LogP contribution < -0.4 is 9.62 Å². The van der Waals surface area contributed by atoms with Crippen molar-refractivity contribution >= 4 is 72.2 Å². The molecule has 3 aromatic rings. The summed E-state index contributed by atoms with van der Waals surface area (Å²) in [5.41, 5.74) is -0.219. The van der Waals surface area contributed by atoms with Gasteiger partial charge in [-0.25, -0.2) is 8.42 Å². The molecule has 0 fully saturated rings. The zero-order valence-corrected chi connectivity index (χ0v) is 21.5. The first-order valence-corrected chi connectivity index (χ1v) is 12.8. The molecule has 1 heterocycles. The Morgan fingerprint density at radius 1 is 1.09 bits per heavy atom. The maximum absolute atomic E-state index is 13.6. The van der Waals surface area contributed by atoms with E-state index in [0.717, 1.165) is 9.01 Å². The quantitative estimate of drug-likeness (QED) is 0.449. The molecular weight excluding hydrogens is 507 g/mol. The van der Waals surface area contributed by atoms with Crippen LogP contribution in [0.4, 0.5) is 5.69 Å². The summed E-state index contributed by atoms with van der Waals surface area (Å²) in [6.45, 7) is 4.48. The minimum absolute atomic E-state index is 0.133. The van der Waals surface area contributed by atoms with E-state index in [4.69, 9.17) is 27.9 Å². The van der Waals surface area contributed by atoms with E-state index < -0.39 is 28.1 Å². The Morgan fingerprint density at radius 3 is 2.30 bits per heavy atom. The van der Waals surface area contributed by atoms with Crippen LogP contribution >= 0.6 is 34.5 Å². The van der Waals surface area contributed by atoms with Gasteiger partial charge in [0.05, 0.1) is 16.1 Å². The van der Waals surface area contributed by atoms with Crippen molar-refractivity contribution in [3.63, 3.8) is 0 Å². The van der Waals surface area contributed by atoms with Gasteiger partial charge in [0.15, 0.2) is 0 Å². The van der Waals surface area contributed by atoms with Crippen molar-refractivity contribution < 1.29 is 22.7 Å². The molecule has 7 nitrogen and oxygen atoms in total. The lowest BCUT2D eigenvalue weighted by Gasteiger charge is -2.26. The first-order valence-electron chi connectivity index (χ1n) is 9.76. The van der Waals surface area contributed by atoms with E-state index in [0.29, 0.717) is 10.9 Å². The molecule has 0 spiro atoms. The number of carbonyl (C=O) groups is 2. The molecule has 176 valence electrons. The van der Waals surface area contributed by atoms with E-state index in [1.807, 2.05) is 0 Å². The van der Waals surface area contributed by atoms with E-state index in [2.05, 4.69) is 5.32 Å². The third-order valence-corrected chi connectivity index (χ3v) is 7.59. The van der Waals surface area contributed by atoms with E-state index in [1.165, 1.54) is 36.6 Å². The summed E-state index contributed by atoms with van der Waals surface area (Å²) in [5.74, 6) is -1.04. The van der Waals surface area contributed by atoms with Gasteiger partial charge in [0.2, 0.25) is 0 Å². The highest BCUT2D eigenvalue weighted by Crippen LogP contribution is 2.33. The predicted octanol–water partition coefficient (Wildman–Crippen LogP) is 5.10. The fourth-order valence-corrected chi connectivity index (χ4v) is 6.14. The number of ether oxygens (including phenoxy) is 1. The molecule has 0 saturated carbocycles. The molecule has 3 rings (SSSR count). The normalized spacial score (nSPS) is 11.9. The van der Waals surface area contributed by atoms with Gasteiger partial charge >= 0.3 is 5.97 Å². The highest BCUT2D eigenvalue weighted by Gasteiger charge is 2.30. The molecule has 0 aliphatic carbocycles. The van der Waals surface area contributed by atoms with Crippen LogP contribution in [0.1, 0.15) is 31.1 Å². The number of carbonyl (C=O) groups excluding carboxylic acids is 2. The number of fused-ring (bicyclic) bond motifs is 1. The van der Waals surface area contributed by atoms with Gasteiger partial charge in [0.1, 0.15) is 12.1 Å². The summed E-state index contributed by atoms with van der Waals surface area (Å²) in [7, 11) is -2.76. The van der Waals surface area contributed by atoms with Crippen LogP contribution in [0.15, 0.2) is 46.7 Å². The number of sulfonamides is 1. The molecule has 0 bridgehead atoms. The van der Waals surface area contributed by atoms with Crippen molar-refractivity contribution in [3.05, 3.63) is 57.4 Å². The van der Waals surface area contributed by atoms with Crippen LogP contribution in [0.25, 0.3) is 10.1 Å². The summed E-state index contributed by atoms with van der Waals surface area (Å²) >= 11 is 13.4. The predicted molar refractivity (Wildman–Crippen MR) is 132 cm³/mol. The lowest BCUT2D eigenvalue weighted by molar-refractivity contribution is -0.152. The number of nitrogens with zero attached hydrogens (tertiary/aromatic N) is 1.